The van der Waals surface area contributed by atoms with Crippen molar-refractivity contribution >= 4 is 41.1 Å². The number of thioether (sulfide) groups is 1. The lowest BCUT2D eigenvalue weighted by molar-refractivity contribution is -0.123. The fraction of sp³-hybridized carbons (Fsp3) is 0.600. The summed E-state index contributed by atoms with van der Waals surface area (Å²) in [5, 5.41) is 5.72. The number of ether oxygens (including phenoxy) is 2. The van der Waals surface area contributed by atoms with Crippen molar-refractivity contribution in [1.82, 2.24) is 15.5 Å². The van der Waals surface area contributed by atoms with E-state index >= 15 is 0 Å². The summed E-state index contributed by atoms with van der Waals surface area (Å²) in [6.07, 6.45) is 0.793. The SMILES string of the molecule is CCOC(CSCC(NC(=O)c1ccc(N2C(=O)CCC2=O)cc1)C(=O)NCCCN(C)C)OCC. The van der Waals surface area contributed by atoms with Crippen LogP contribution in [0, 0.1) is 0 Å². The third kappa shape index (κ3) is 9.53. The van der Waals surface area contributed by atoms with Gasteiger partial charge in [0.15, 0.2) is 6.29 Å². The van der Waals surface area contributed by atoms with Crippen molar-refractivity contribution in [3.63, 3.8) is 0 Å². The second-order valence-corrected chi connectivity index (χ2v) is 9.60. The van der Waals surface area contributed by atoms with Gasteiger partial charge in [-0.25, -0.2) is 0 Å². The molecule has 0 radical (unpaired) electrons. The summed E-state index contributed by atoms with van der Waals surface area (Å²) >= 11 is 1.46. The molecule has 0 aliphatic carbocycles. The van der Waals surface area contributed by atoms with Gasteiger partial charge < -0.3 is 25.0 Å². The van der Waals surface area contributed by atoms with E-state index in [0.29, 0.717) is 42.5 Å². The maximum absolute atomic E-state index is 12.9. The lowest BCUT2D eigenvalue weighted by Crippen LogP contribution is -2.48. The van der Waals surface area contributed by atoms with E-state index in [4.69, 9.17) is 9.47 Å². The van der Waals surface area contributed by atoms with Crippen molar-refractivity contribution in [2.24, 2.45) is 0 Å². The van der Waals surface area contributed by atoms with Crippen LogP contribution in [0.5, 0.6) is 0 Å². The fourth-order valence-electron chi connectivity index (χ4n) is 3.58. The summed E-state index contributed by atoms with van der Waals surface area (Å²) in [4.78, 5) is 52.9. The summed E-state index contributed by atoms with van der Waals surface area (Å²) in [6.45, 7) is 6.15. The number of hydrogen-bond acceptors (Lipinski definition) is 8. The van der Waals surface area contributed by atoms with Gasteiger partial charge in [0.1, 0.15) is 6.04 Å². The molecule has 2 N–H and O–H groups in total. The van der Waals surface area contributed by atoms with Crippen LogP contribution < -0.4 is 15.5 Å². The number of benzene rings is 1. The quantitative estimate of drug-likeness (QED) is 0.191. The van der Waals surface area contributed by atoms with E-state index in [1.54, 1.807) is 24.3 Å². The van der Waals surface area contributed by atoms with E-state index in [1.165, 1.54) is 11.8 Å². The monoisotopic (exact) mass is 522 g/mol. The molecule has 2 rings (SSSR count). The summed E-state index contributed by atoms with van der Waals surface area (Å²) in [5.41, 5.74) is 0.762. The van der Waals surface area contributed by atoms with Gasteiger partial charge in [0.05, 0.1) is 5.69 Å². The zero-order valence-corrected chi connectivity index (χ0v) is 22.4. The van der Waals surface area contributed by atoms with Crippen LogP contribution in [0.4, 0.5) is 5.69 Å². The van der Waals surface area contributed by atoms with E-state index in [9.17, 15) is 19.2 Å². The Labute approximate surface area is 217 Å². The third-order valence-electron chi connectivity index (χ3n) is 5.39. The van der Waals surface area contributed by atoms with Crippen LogP contribution in [0.15, 0.2) is 24.3 Å². The molecule has 0 spiro atoms. The van der Waals surface area contributed by atoms with Gasteiger partial charge in [-0.05, 0) is 65.2 Å². The Morgan fingerprint density at radius 2 is 1.64 bits per heavy atom. The second kappa shape index (κ2) is 15.6. The Hall–Kier alpha value is -2.47. The van der Waals surface area contributed by atoms with Crippen LogP contribution in [0.2, 0.25) is 0 Å². The predicted molar refractivity (Wildman–Crippen MR) is 140 cm³/mol. The Morgan fingerprint density at radius 1 is 1.03 bits per heavy atom. The third-order valence-corrected chi connectivity index (χ3v) is 6.46. The topological polar surface area (TPSA) is 117 Å². The molecule has 1 unspecified atom stereocenters. The number of anilines is 1. The molecule has 10 nitrogen and oxygen atoms in total. The average molecular weight is 523 g/mol. The second-order valence-electron chi connectivity index (χ2n) is 8.52. The largest absolute Gasteiger partial charge is 0.354 e. The summed E-state index contributed by atoms with van der Waals surface area (Å²) < 4.78 is 11.1. The van der Waals surface area contributed by atoms with E-state index < -0.39 is 11.9 Å². The number of hydrogen-bond donors (Lipinski definition) is 2. The van der Waals surface area contributed by atoms with Gasteiger partial charge in [0, 0.05) is 49.7 Å². The minimum Gasteiger partial charge on any atom is -0.354 e. The molecule has 36 heavy (non-hydrogen) atoms. The highest BCUT2D eigenvalue weighted by Gasteiger charge is 2.30. The standard InChI is InChI=1S/C25H38N4O6S/c1-5-34-23(35-6-2)17-36-16-20(25(33)26-14-7-15-28(3)4)27-24(32)18-8-10-19(11-9-18)29-21(30)12-13-22(29)31/h8-11,20,23H,5-7,12-17H2,1-4H3,(H,26,33)(H,27,32). The lowest BCUT2D eigenvalue weighted by Gasteiger charge is -2.21. The van der Waals surface area contributed by atoms with Gasteiger partial charge in [-0.2, -0.15) is 11.8 Å². The van der Waals surface area contributed by atoms with Crippen LogP contribution in [0.1, 0.15) is 43.5 Å². The number of imide groups is 1. The molecule has 1 atom stereocenters. The average Bonchev–Trinajstić information content (AvgIpc) is 3.18. The highest BCUT2D eigenvalue weighted by atomic mass is 32.2. The highest BCUT2D eigenvalue weighted by molar-refractivity contribution is 7.99. The van der Waals surface area contributed by atoms with E-state index in [1.807, 2.05) is 32.8 Å². The molecule has 4 amide bonds. The smallest absolute Gasteiger partial charge is 0.251 e. The fourth-order valence-corrected chi connectivity index (χ4v) is 4.57. The van der Waals surface area contributed by atoms with Crippen molar-refractivity contribution in [2.75, 3.05) is 56.8 Å². The van der Waals surface area contributed by atoms with Gasteiger partial charge in [-0.1, -0.05) is 0 Å². The van der Waals surface area contributed by atoms with Gasteiger partial charge >= 0.3 is 0 Å². The molecular weight excluding hydrogens is 484 g/mol. The van der Waals surface area contributed by atoms with Crippen LogP contribution >= 0.6 is 11.8 Å². The number of carbonyl (C=O) groups excluding carboxylic acids is 4. The molecule has 0 saturated carbocycles. The highest BCUT2D eigenvalue weighted by Crippen LogP contribution is 2.23. The Kier molecular flexibility index (Phi) is 12.9. The predicted octanol–water partition coefficient (Wildman–Crippen LogP) is 1.64. The maximum Gasteiger partial charge on any atom is 0.251 e. The molecule has 1 aliphatic rings. The van der Waals surface area contributed by atoms with Crippen molar-refractivity contribution in [2.45, 2.75) is 45.4 Å². The maximum atomic E-state index is 12.9. The number of nitrogens with one attached hydrogen (secondary N) is 2. The van der Waals surface area contributed by atoms with Crippen molar-refractivity contribution in [3.8, 4) is 0 Å². The molecule has 11 heteroatoms. The molecule has 1 fully saturated rings. The summed E-state index contributed by atoms with van der Waals surface area (Å²) in [5.74, 6) is -0.314. The Morgan fingerprint density at radius 3 is 2.19 bits per heavy atom. The first-order valence-electron chi connectivity index (χ1n) is 12.3. The van der Waals surface area contributed by atoms with Crippen LogP contribution in [0.25, 0.3) is 0 Å². The zero-order chi connectivity index (χ0) is 26.5. The summed E-state index contributed by atoms with van der Waals surface area (Å²) in [7, 11) is 3.94. The first kappa shape index (κ1) is 29.8. The summed E-state index contributed by atoms with van der Waals surface area (Å²) in [6, 6.07) is 5.46. The molecule has 0 bridgehead atoms. The molecule has 1 aromatic rings. The van der Waals surface area contributed by atoms with Gasteiger partial charge in [0.2, 0.25) is 17.7 Å². The van der Waals surface area contributed by atoms with Crippen LogP contribution in [-0.2, 0) is 23.9 Å². The number of carbonyl (C=O) groups is 4. The van der Waals surface area contributed by atoms with Crippen molar-refractivity contribution < 1.29 is 28.7 Å². The van der Waals surface area contributed by atoms with Gasteiger partial charge in [-0.3, -0.25) is 24.1 Å². The van der Waals surface area contributed by atoms with Gasteiger partial charge in [0.25, 0.3) is 5.91 Å². The van der Waals surface area contributed by atoms with Gasteiger partial charge in [-0.15, -0.1) is 0 Å². The molecular formula is C25H38N4O6S. The molecule has 1 aromatic carbocycles. The molecule has 1 heterocycles. The van der Waals surface area contributed by atoms with Crippen LogP contribution in [0.3, 0.4) is 0 Å². The number of rotatable bonds is 16. The zero-order valence-electron chi connectivity index (χ0n) is 21.6. The molecule has 200 valence electrons. The van der Waals surface area contributed by atoms with Crippen molar-refractivity contribution in [3.05, 3.63) is 29.8 Å². The number of nitrogens with zero attached hydrogens (tertiary/aromatic N) is 2. The first-order chi connectivity index (χ1) is 17.3. The van der Waals surface area contributed by atoms with Crippen molar-refractivity contribution in [1.29, 1.82) is 0 Å². The lowest BCUT2D eigenvalue weighted by atomic mass is 10.1. The van der Waals surface area contributed by atoms with Crippen LogP contribution in [-0.4, -0.2) is 92.8 Å². The van der Waals surface area contributed by atoms with E-state index in [0.717, 1.165) is 17.9 Å². The molecule has 0 aromatic heterocycles. The normalized spacial score (nSPS) is 14.6. The minimum absolute atomic E-state index is 0.192. The molecule has 1 aliphatic heterocycles. The number of amides is 4. The first-order valence-corrected chi connectivity index (χ1v) is 13.4. The van der Waals surface area contributed by atoms with E-state index in [-0.39, 0.29) is 36.9 Å². The Bertz CT molecular complexity index is 858. The minimum atomic E-state index is -0.757. The molecule has 1 saturated heterocycles. The Balaban J connectivity index is 2.02. The van der Waals surface area contributed by atoms with E-state index in [2.05, 4.69) is 10.6 Å².